The molecule has 3 rings (SSSR count). The highest BCUT2D eigenvalue weighted by Crippen LogP contribution is 2.63. The van der Waals surface area contributed by atoms with Crippen LogP contribution in [0.25, 0.3) is 0 Å². The molecule has 1 aromatic carbocycles. The van der Waals surface area contributed by atoms with Crippen LogP contribution in [0.15, 0.2) is 40.8 Å². The third-order valence-electron chi connectivity index (χ3n) is 8.78. The van der Waals surface area contributed by atoms with Gasteiger partial charge in [0.05, 0.1) is 24.2 Å². The predicted molar refractivity (Wildman–Crippen MR) is 141 cm³/mol. The Morgan fingerprint density at radius 2 is 1.77 bits per heavy atom. The van der Waals surface area contributed by atoms with Gasteiger partial charge in [-0.2, -0.15) is 8.42 Å². The molecular weight excluding hydrogens is 480 g/mol. The molecule has 1 saturated carbocycles. The Labute approximate surface area is 213 Å². The van der Waals surface area contributed by atoms with Crippen LogP contribution in [0.1, 0.15) is 58.9 Å². The summed E-state index contributed by atoms with van der Waals surface area (Å²) in [4.78, 5) is 0.185. The number of methoxy groups -OCH3 is 1. The zero-order valence-electron chi connectivity index (χ0n) is 22.8. The molecule has 2 aliphatic rings. The van der Waals surface area contributed by atoms with Gasteiger partial charge in [-0.05, 0) is 68.4 Å². The van der Waals surface area contributed by atoms with Gasteiger partial charge in [-0.25, -0.2) is 0 Å². The Balaban J connectivity index is 1.95. The van der Waals surface area contributed by atoms with Gasteiger partial charge in [-0.3, -0.25) is 4.18 Å². The molecule has 0 spiro atoms. The first kappa shape index (κ1) is 28.5. The predicted octanol–water partition coefficient (Wildman–Crippen LogP) is 6.22. The van der Waals surface area contributed by atoms with Gasteiger partial charge in [0.1, 0.15) is 6.79 Å². The van der Waals surface area contributed by atoms with E-state index in [1.54, 1.807) is 31.4 Å². The standard InChI is InChI=1S/C27H44O6SSi/c1-21-11-13-23(14-12-21)34(28,29)32-19-27-17-15-24(33-35(7,8)25(2,3)4)26(27,5)16-9-10-22(27)18-31-20-30-6/h10-14,24H,9,15-20H2,1-8H3/t24-,26+,27-/m0/s1. The van der Waals surface area contributed by atoms with Crippen LogP contribution in [0, 0.1) is 17.8 Å². The second-order valence-corrected chi connectivity index (χ2v) is 18.3. The molecule has 0 aromatic heterocycles. The molecule has 35 heavy (non-hydrogen) atoms. The first-order valence-corrected chi connectivity index (χ1v) is 16.9. The average Bonchev–Trinajstić information content (AvgIpc) is 3.05. The van der Waals surface area contributed by atoms with E-state index < -0.39 is 23.9 Å². The second kappa shape index (κ2) is 10.4. The van der Waals surface area contributed by atoms with Crippen LogP contribution >= 0.6 is 0 Å². The largest absolute Gasteiger partial charge is 0.413 e. The van der Waals surface area contributed by atoms with Gasteiger partial charge in [-0.1, -0.05) is 51.5 Å². The van der Waals surface area contributed by atoms with Crippen molar-refractivity contribution >= 4 is 18.4 Å². The lowest BCUT2D eigenvalue weighted by molar-refractivity contribution is -0.0521. The molecule has 0 amide bonds. The van der Waals surface area contributed by atoms with Gasteiger partial charge in [0.25, 0.3) is 10.1 Å². The number of fused-ring (bicyclic) bond motifs is 1. The molecule has 198 valence electrons. The second-order valence-electron chi connectivity index (χ2n) is 12.0. The summed E-state index contributed by atoms with van der Waals surface area (Å²) in [7, 11) is -4.32. The van der Waals surface area contributed by atoms with E-state index in [9.17, 15) is 8.42 Å². The van der Waals surface area contributed by atoms with Gasteiger partial charge >= 0.3 is 0 Å². The number of hydrogen-bond acceptors (Lipinski definition) is 6. The van der Waals surface area contributed by atoms with Crippen molar-refractivity contribution in [2.75, 3.05) is 27.1 Å². The topological polar surface area (TPSA) is 71.1 Å². The highest BCUT2D eigenvalue weighted by molar-refractivity contribution is 7.86. The summed E-state index contributed by atoms with van der Waals surface area (Å²) in [6.45, 7) is 16.2. The van der Waals surface area contributed by atoms with Crippen molar-refractivity contribution < 1.29 is 26.5 Å². The molecule has 1 aromatic rings. The molecule has 3 atom stereocenters. The number of ether oxygens (including phenoxy) is 2. The summed E-state index contributed by atoms with van der Waals surface area (Å²) in [6, 6.07) is 6.81. The van der Waals surface area contributed by atoms with Crippen LogP contribution in [0.4, 0.5) is 0 Å². The van der Waals surface area contributed by atoms with Crippen molar-refractivity contribution in [2.45, 2.75) is 89.4 Å². The molecule has 0 aliphatic heterocycles. The summed E-state index contributed by atoms with van der Waals surface area (Å²) >= 11 is 0. The highest BCUT2D eigenvalue weighted by Gasteiger charge is 2.62. The number of hydrogen-bond donors (Lipinski definition) is 0. The van der Waals surface area contributed by atoms with Crippen molar-refractivity contribution in [1.29, 1.82) is 0 Å². The Kier molecular flexibility index (Phi) is 8.46. The van der Waals surface area contributed by atoms with Crippen molar-refractivity contribution in [3.8, 4) is 0 Å². The van der Waals surface area contributed by atoms with E-state index in [-0.39, 0.29) is 34.9 Å². The van der Waals surface area contributed by atoms with Crippen LogP contribution in [-0.4, -0.2) is 50.0 Å². The normalized spacial score (nSPS) is 27.5. The molecule has 0 unspecified atom stereocenters. The first-order chi connectivity index (χ1) is 16.2. The molecule has 0 radical (unpaired) electrons. The van der Waals surface area contributed by atoms with E-state index in [0.29, 0.717) is 6.61 Å². The summed E-state index contributed by atoms with van der Waals surface area (Å²) in [6.07, 6.45) is 5.76. The fraction of sp³-hybridized carbons (Fsp3) is 0.704. The molecule has 1 fully saturated rings. The van der Waals surface area contributed by atoms with Crippen LogP contribution in [0.2, 0.25) is 18.1 Å². The molecule has 0 heterocycles. The molecule has 8 heteroatoms. The van der Waals surface area contributed by atoms with E-state index in [0.717, 1.165) is 36.8 Å². The van der Waals surface area contributed by atoms with E-state index in [1.165, 1.54) is 0 Å². The van der Waals surface area contributed by atoms with Gasteiger partial charge in [0.2, 0.25) is 0 Å². The third kappa shape index (κ3) is 5.63. The van der Waals surface area contributed by atoms with Crippen molar-refractivity contribution in [3.05, 3.63) is 41.5 Å². The van der Waals surface area contributed by atoms with Crippen LogP contribution < -0.4 is 0 Å². The fourth-order valence-corrected chi connectivity index (χ4v) is 7.80. The van der Waals surface area contributed by atoms with Gasteiger partial charge < -0.3 is 13.9 Å². The SMILES string of the molecule is COCOCC1=CCC[C@]2(C)[C@@H](O[Si](C)(C)C(C)(C)C)CC[C@]12COS(=O)(=O)c1ccc(C)cc1. The van der Waals surface area contributed by atoms with Crippen molar-refractivity contribution in [1.82, 2.24) is 0 Å². The molecule has 0 N–H and O–H groups in total. The van der Waals surface area contributed by atoms with E-state index in [2.05, 4.69) is 46.9 Å². The van der Waals surface area contributed by atoms with E-state index in [4.69, 9.17) is 18.1 Å². The Morgan fingerprint density at radius 3 is 2.37 bits per heavy atom. The zero-order chi connectivity index (χ0) is 26.1. The quantitative estimate of drug-likeness (QED) is 0.119. The highest BCUT2D eigenvalue weighted by atomic mass is 32.2. The Morgan fingerprint density at radius 1 is 1.11 bits per heavy atom. The van der Waals surface area contributed by atoms with Crippen LogP contribution in [0.5, 0.6) is 0 Å². The minimum Gasteiger partial charge on any atom is -0.413 e. The molecule has 6 nitrogen and oxygen atoms in total. The maximum absolute atomic E-state index is 13.2. The van der Waals surface area contributed by atoms with Gasteiger partial charge in [-0.15, -0.1) is 0 Å². The minimum atomic E-state index is -3.90. The van der Waals surface area contributed by atoms with Crippen molar-refractivity contribution in [3.63, 3.8) is 0 Å². The van der Waals surface area contributed by atoms with Crippen molar-refractivity contribution in [2.24, 2.45) is 10.8 Å². The molecular formula is C27H44O6SSi. The van der Waals surface area contributed by atoms with E-state index >= 15 is 0 Å². The average molecular weight is 525 g/mol. The molecule has 0 saturated heterocycles. The Hall–Kier alpha value is -1.03. The maximum atomic E-state index is 13.2. The summed E-state index contributed by atoms with van der Waals surface area (Å²) in [5.74, 6) is 0. The summed E-state index contributed by atoms with van der Waals surface area (Å²) in [5.41, 5.74) is 1.36. The first-order valence-electron chi connectivity index (χ1n) is 12.6. The molecule has 2 aliphatic carbocycles. The third-order valence-corrected chi connectivity index (χ3v) is 14.5. The number of benzene rings is 1. The van der Waals surface area contributed by atoms with Crippen LogP contribution in [0.3, 0.4) is 0 Å². The zero-order valence-corrected chi connectivity index (χ0v) is 24.6. The fourth-order valence-electron chi connectivity index (χ4n) is 5.39. The number of allylic oxidation sites excluding steroid dienone is 1. The van der Waals surface area contributed by atoms with E-state index in [1.807, 2.05) is 6.92 Å². The molecule has 0 bridgehead atoms. The summed E-state index contributed by atoms with van der Waals surface area (Å²) in [5, 5.41) is 0.0921. The number of aryl methyl sites for hydroxylation is 1. The van der Waals surface area contributed by atoms with Gasteiger partial charge in [0.15, 0.2) is 8.32 Å². The van der Waals surface area contributed by atoms with Gasteiger partial charge in [0, 0.05) is 17.9 Å². The lowest BCUT2D eigenvalue weighted by atomic mass is 9.57. The maximum Gasteiger partial charge on any atom is 0.297 e. The number of rotatable bonds is 10. The minimum absolute atomic E-state index is 0.0418. The lowest BCUT2D eigenvalue weighted by Crippen LogP contribution is -2.53. The van der Waals surface area contributed by atoms with Crippen LogP contribution in [-0.2, 0) is 28.2 Å². The smallest absolute Gasteiger partial charge is 0.297 e. The summed E-state index contributed by atoms with van der Waals surface area (Å²) < 4.78 is 50.1. The Bertz CT molecular complexity index is 1010. The monoisotopic (exact) mass is 524 g/mol. The lowest BCUT2D eigenvalue weighted by Gasteiger charge is -2.52.